The maximum atomic E-state index is 12.1. The van der Waals surface area contributed by atoms with Crippen LogP contribution in [0.4, 0.5) is 4.39 Å². The summed E-state index contributed by atoms with van der Waals surface area (Å²) in [6, 6.07) is 1.48. The van der Waals surface area contributed by atoms with Crippen LogP contribution >= 0.6 is 0 Å². The Morgan fingerprint density at radius 2 is 2.33 bits per heavy atom. The summed E-state index contributed by atoms with van der Waals surface area (Å²) in [5.74, 6) is 0. The number of nitrogens with zero attached hydrogens (tertiary/aromatic N) is 1. The quantitative estimate of drug-likeness (QED) is 0.577. The summed E-state index contributed by atoms with van der Waals surface area (Å²) in [5, 5.41) is 8.00. The van der Waals surface area contributed by atoms with E-state index < -0.39 is 6.17 Å². The van der Waals surface area contributed by atoms with E-state index in [9.17, 15) is 4.39 Å². The van der Waals surface area contributed by atoms with E-state index in [0.29, 0.717) is 0 Å². The van der Waals surface area contributed by atoms with Gasteiger partial charge < -0.3 is 4.74 Å². The van der Waals surface area contributed by atoms with E-state index >= 15 is 0 Å². The highest BCUT2D eigenvalue weighted by molar-refractivity contribution is 4.83. The van der Waals surface area contributed by atoms with Gasteiger partial charge in [0.15, 0.2) is 6.17 Å². The van der Waals surface area contributed by atoms with E-state index in [-0.39, 0.29) is 12.5 Å². The van der Waals surface area contributed by atoms with Gasteiger partial charge in [0.2, 0.25) is 0 Å². The molecule has 0 rings (SSSR count). The van der Waals surface area contributed by atoms with Crippen LogP contribution in [-0.4, -0.2) is 19.4 Å². The molecule has 0 N–H and O–H groups in total. The lowest BCUT2D eigenvalue weighted by Gasteiger charge is -2.06. The fourth-order valence-electron chi connectivity index (χ4n) is 0.440. The second-order valence-electron chi connectivity index (χ2n) is 1.88. The van der Waals surface area contributed by atoms with Crippen molar-refractivity contribution in [2.75, 3.05) is 7.11 Å². The van der Waals surface area contributed by atoms with Crippen molar-refractivity contribution < 1.29 is 9.13 Å². The second-order valence-corrected chi connectivity index (χ2v) is 1.88. The van der Waals surface area contributed by atoms with Crippen molar-refractivity contribution in [2.45, 2.75) is 25.6 Å². The first kappa shape index (κ1) is 8.38. The van der Waals surface area contributed by atoms with Gasteiger partial charge in [-0.2, -0.15) is 5.26 Å². The molecule has 3 heteroatoms. The first-order chi connectivity index (χ1) is 4.20. The molecule has 2 nitrogen and oxygen atoms in total. The minimum absolute atomic E-state index is 0.160. The van der Waals surface area contributed by atoms with Crippen LogP contribution in [0.2, 0.25) is 0 Å². The predicted molar refractivity (Wildman–Crippen MR) is 31.6 cm³/mol. The molecule has 0 aliphatic rings. The van der Waals surface area contributed by atoms with Gasteiger partial charge in [0.05, 0.1) is 12.2 Å². The summed E-state index contributed by atoms with van der Waals surface area (Å²) in [6.07, 6.45) is -1.40. The molecule has 0 bridgehead atoms. The van der Waals surface area contributed by atoms with Crippen LogP contribution in [0.1, 0.15) is 13.3 Å². The Bertz CT molecular complexity index is 110. The van der Waals surface area contributed by atoms with Crippen LogP contribution in [0, 0.1) is 11.3 Å². The average Bonchev–Trinajstić information content (AvgIpc) is 1.87. The molecule has 52 valence electrons. The first-order valence-corrected chi connectivity index (χ1v) is 2.77. The Labute approximate surface area is 54.2 Å². The average molecular weight is 131 g/mol. The van der Waals surface area contributed by atoms with E-state index in [1.54, 1.807) is 6.92 Å². The standard InChI is InChI=1S/C6H10FNO/c1-5(9-2)3-6(7)4-8/h5-6H,3H2,1-2H3. The Morgan fingerprint density at radius 3 is 2.67 bits per heavy atom. The highest BCUT2D eigenvalue weighted by Crippen LogP contribution is 2.02. The monoisotopic (exact) mass is 131 g/mol. The Morgan fingerprint density at radius 1 is 1.78 bits per heavy atom. The molecule has 0 fully saturated rings. The molecule has 0 saturated heterocycles. The summed E-state index contributed by atoms with van der Waals surface area (Å²) in [4.78, 5) is 0. The third-order valence-corrected chi connectivity index (χ3v) is 1.08. The Hall–Kier alpha value is -0.620. The van der Waals surface area contributed by atoms with E-state index in [1.807, 2.05) is 0 Å². The van der Waals surface area contributed by atoms with Crippen LogP contribution in [0.25, 0.3) is 0 Å². The molecule has 9 heavy (non-hydrogen) atoms. The van der Waals surface area contributed by atoms with Crippen LogP contribution in [0.15, 0.2) is 0 Å². The second kappa shape index (κ2) is 4.28. The summed E-state index contributed by atoms with van der Waals surface area (Å²) >= 11 is 0. The zero-order chi connectivity index (χ0) is 7.28. The van der Waals surface area contributed by atoms with Gasteiger partial charge in [0, 0.05) is 13.5 Å². The van der Waals surface area contributed by atoms with Crippen molar-refractivity contribution >= 4 is 0 Å². The van der Waals surface area contributed by atoms with Gasteiger partial charge in [-0.25, -0.2) is 4.39 Å². The maximum absolute atomic E-state index is 12.1. The molecule has 0 aromatic heterocycles. The van der Waals surface area contributed by atoms with Gasteiger partial charge in [-0.3, -0.25) is 0 Å². The Kier molecular flexibility index (Phi) is 3.98. The zero-order valence-electron chi connectivity index (χ0n) is 5.60. The van der Waals surface area contributed by atoms with E-state index in [4.69, 9.17) is 10.00 Å². The lowest BCUT2D eigenvalue weighted by Crippen LogP contribution is -2.11. The number of methoxy groups -OCH3 is 1. The molecular formula is C6H10FNO. The van der Waals surface area contributed by atoms with Crippen LogP contribution in [0.3, 0.4) is 0 Å². The molecule has 0 aliphatic carbocycles. The lowest BCUT2D eigenvalue weighted by molar-refractivity contribution is 0.0950. The Balaban J connectivity index is 3.37. The fraction of sp³-hybridized carbons (Fsp3) is 0.833. The molecule has 0 spiro atoms. The van der Waals surface area contributed by atoms with Crippen LogP contribution in [-0.2, 0) is 4.74 Å². The number of alkyl halides is 1. The summed E-state index contributed by atoms with van der Waals surface area (Å²) in [7, 11) is 1.49. The molecule has 0 amide bonds. The molecule has 0 aromatic carbocycles. The van der Waals surface area contributed by atoms with Crippen LogP contribution < -0.4 is 0 Å². The zero-order valence-corrected chi connectivity index (χ0v) is 5.60. The predicted octanol–water partition coefficient (Wildman–Crippen LogP) is 1.27. The molecular weight excluding hydrogens is 121 g/mol. The van der Waals surface area contributed by atoms with Crippen molar-refractivity contribution in [3.63, 3.8) is 0 Å². The third-order valence-electron chi connectivity index (χ3n) is 1.08. The molecule has 0 aromatic rings. The van der Waals surface area contributed by atoms with Gasteiger partial charge in [-0.05, 0) is 6.92 Å². The van der Waals surface area contributed by atoms with Gasteiger partial charge >= 0.3 is 0 Å². The van der Waals surface area contributed by atoms with E-state index in [2.05, 4.69) is 0 Å². The number of hydrogen-bond acceptors (Lipinski definition) is 2. The number of hydrogen-bond donors (Lipinski definition) is 0. The number of rotatable bonds is 3. The fourth-order valence-corrected chi connectivity index (χ4v) is 0.440. The summed E-state index contributed by atoms with van der Waals surface area (Å²) in [6.45, 7) is 1.73. The lowest BCUT2D eigenvalue weighted by atomic mass is 10.2. The van der Waals surface area contributed by atoms with Crippen molar-refractivity contribution in [2.24, 2.45) is 0 Å². The van der Waals surface area contributed by atoms with E-state index in [1.165, 1.54) is 13.2 Å². The van der Waals surface area contributed by atoms with E-state index in [0.717, 1.165) is 0 Å². The molecule has 0 heterocycles. The molecule has 2 unspecified atom stereocenters. The largest absolute Gasteiger partial charge is 0.382 e. The molecule has 0 saturated carbocycles. The topological polar surface area (TPSA) is 33.0 Å². The minimum Gasteiger partial charge on any atom is -0.382 e. The van der Waals surface area contributed by atoms with Gasteiger partial charge in [-0.1, -0.05) is 0 Å². The number of halogens is 1. The van der Waals surface area contributed by atoms with Crippen molar-refractivity contribution in [1.82, 2.24) is 0 Å². The number of ether oxygens (including phenoxy) is 1. The highest BCUT2D eigenvalue weighted by Gasteiger charge is 2.08. The highest BCUT2D eigenvalue weighted by atomic mass is 19.1. The maximum Gasteiger partial charge on any atom is 0.188 e. The molecule has 2 atom stereocenters. The van der Waals surface area contributed by atoms with Crippen molar-refractivity contribution in [1.29, 1.82) is 5.26 Å². The van der Waals surface area contributed by atoms with Gasteiger partial charge in [-0.15, -0.1) is 0 Å². The van der Waals surface area contributed by atoms with Gasteiger partial charge in [0.1, 0.15) is 0 Å². The first-order valence-electron chi connectivity index (χ1n) is 2.77. The molecule has 0 radical (unpaired) electrons. The molecule has 0 aliphatic heterocycles. The van der Waals surface area contributed by atoms with Crippen molar-refractivity contribution in [3.05, 3.63) is 0 Å². The SMILES string of the molecule is COC(C)CC(F)C#N. The minimum atomic E-state index is -1.39. The van der Waals surface area contributed by atoms with Crippen molar-refractivity contribution in [3.8, 4) is 6.07 Å². The third kappa shape index (κ3) is 3.92. The smallest absolute Gasteiger partial charge is 0.188 e. The van der Waals surface area contributed by atoms with Crippen LogP contribution in [0.5, 0.6) is 0 Å². The normalized spacial score (nSPS) is 16.2. The van der Waals surface area contributed by atoms with Gasteiger partial charge in [0.25, 0.3) is 0 Å². The number of nitriles is 1. The summed E-state index contributed by atoms with van der Waals surface area (Å²) in [5.41, 5.74) is 0. The summed E-state index contributed by atoms with van der Waals surface area (Å²) < 4.78 is 16.9.